The number of rotatable bonds is 5. The third-order valence-electron chi connectivity index (χ3n) is 5.86. The van der Waals surface area contributed by atoms with Crippen molar-refractivity contribution in [1.29, 1.82) is 0 Å². The second-order valence-electron chi connectivity index (χ2n) is 8.25. The Hall–Kier alpha value is -3.49. The number of piperidine rings is 1. The highest BCUT2D eigenvalue weighted by Crippen LogP contribution is 2.32. The van der Waals surface area contributed by atoms with E-state index in [9.17, 15) is 0 Å². The fourth-order valence-electron chi connectivity index (χ4n) is 3.99. The Morgan fingerprint density at radius 3 is 2.74 bits per heavy atom. The third kappa shape index (κ3) is 3.71. The molecule has 4 aromatic heterocycles. The molecule has 1 fully saturated rings. The van der Waals surface area contributed by atoms with E-state index < -0.39 is 0 Å². The predicted molar refractivity (Wildman–Crippen MR) is 118 cm³/mol. The molecule has 1 aliphatic heterocycles. The number of aromatic amines is 1. The van der Waals surface area contributed by atoms with Crippen molar-refractivity contribution in [1.82, 2.24) is 34.9 Å². The molecule has 0 aromatic carbocycles. The van der Waals surface area contributed by atoms with Gasteiger partial charge in [0.1, 0.15) is 11.7 Å². The number of hydrogen-bond donors (Lipinski definition) is 1. The van der Waals surface area contributed by atoms with Crippen LogP contribution in [0.1, 0.15) is 50.0 Å². The van der Waals surface area contributed by atoms with Gasteiger partial charge in [-0.1, -0.05) is 13.8 Å². The zero-order valence-electron chi connectivity index (χ0n) is 18.0. The van der Waals surface area contributed by atoms with Crippen LogP contribution in [0, 0.1) is 6.92 Å². The molecule has 0 saturated carbocycles. The molecule has 9 nitrogen and oxygen atoms in total. The predicted octanol–water partition coefficient (Wildman–Crippen LogP) is 4.01. The first-order valence-electron chi connectivity index (χ1n) is 10.7. The zero-order chi connectivity index (χ0) is 21.4. The number of fused-ring (bicyclic) bond motifs is 1. The summed E-state index contributed by atoms with van der Waals surface area (Å²) in [5.74, 6) is 2.66. The van der Waals surface area contributed by atoms with Gasteiger partial charge in [0.25, 0.3) is 0 Å². The summed E-state index contributed by atoms with van der Waals surface area (Å²) >= 11 is 0. The smallest absolute Gasteiger partial charge is 0.233 e. The quantitative estimate of drug-likeness (QED) is 0.523. The van der Waals surface area contributed by atoms with Gasteiger partial charge in [0.2, 0.25) is 5.88 Å². The molecule has 1 saturated heterocycles. The average molecular weight is 419 g/mol. The molecule has 1 aliphatic rings. The van der Waals surface area contributed by atoms with E-state index in [1.54, 1.807) is 12.4 Å². The van der Waals surface area contributed by atoms with Crippen molar-refractivity contribution in [2.45, 2.75) is 45.6 Å². The number of aromatic nitrogens is 7. The summed E-state index contributed by atoms with van der Waals surface area (Å²) in [6.07, 6.45) is 7.03. The lowest BCUT2D eigenvalue weighted by Gasteiger charge is -2.32. The molecule has 160 valence electrons. The summed E-state index contributed by atoms with van der Waals surface area (Å²) in [5, 5.41) is 13.1. The summed E-state index contributed by atoms with van der Waals surface area (Å²) in [6.45, 7) is 8.10. The maximum atomic E-state index is 6.03. The summed E-state index contributed by atoms with van der Waals surface area (Å²) in [7, 11) is 0. The second kappa shape index (κ2) is 7.98. The van der Waals surface area contributed by atoms with Gasteiger partial charge in [-0.2, -0.15) is 10.2 Å². The van der Waals surface area contributed by atoms with Crippen LogP contribution in [0.15, 0.2) is 36.9 Å². The number of ether oxygens (including phenoxy) is 1. The first-order chi connectivity index (χ1) is 15.1. The Labute approximate surface area is 180 Å². The van der Waals surface area contributed by atoms with Crippen molar-refractivity contribution in [3.8, 4) is 11.6 Å². The van der Waals surface area contributed by atoms with Gasteiger partial charge in [-0.15, -0.1) is 0 Å². The molecule has 1 N–H and O–H groups in total. The monoisotopic (exact) mass is 418 g/mol. The van der Waals surface area contributed by atoms with Crippen molar-refractivity contribution in [3.05, 3.63) is 48.3 Å². The van der Waals surface area contributed by atoms with Crippen molar-refractivity contribution in [2.24, 2.45) is 0 Å². The van der Waals surface area contributed by atoms with Crippen molar-refractivity contribution < 1.29 is 4.74 Å². The Morgan fingerprint density at radius 2 is 2.00 bits per heavy atom. The minimum Gasteiger partial charge on any atom is -0.436 e. The lowest BCUT2D eigenvalue weighted by Crippen LogP contribution is -2.35. The van der Waals surface area contributed by atoms with Crippen LogP contribution < -0.4 is 9.64 Å². The molecule has 0 spiro atoms. The minimum absolute atomic E-state index is 0.278. The molecule has 0 unspecified atom stereocenters. The maximum Gasteiger partial charge on any atom is 0.233 e. The molecule has 9 heteroatoms. The van der Waals surface area contributed by atoms with Gasteiger partial charge < -0.3 is 9.64 Å². The van der Waals surface area contributed by atoms with Crippen LogP contribution in [0.25, 0.3) is 11.0 Å². The van der Waals surface area contributed by atoms with E-state index in [0.717, 1.165) is 48.5 Å². The molecule has 0 atom stereocenters. The fraction of sp³-hybridized carbons (Fsp3) is 0.409. The van der Waals surface area contributed by atoms with Gasteiger partial charge in [0.15, 0.2) is 17.2 Å². The first kappa shape index (κ1) is 19.5. The van der Waals surface area contributed by atoms with E-state index in [1.807, 2.05) is 23.7 Å². The van der Waals surface area contributed by atoms with E-state index in [1.165, 1.54) is 12.0 Å². The molecule has 0 amide bonds. The molecule has 0 aliphatic carbocycles. The molecule has 0 radical (unpaired) electrons. The van der Waals surface area contributed by atoms with Gasteiger partial charge in [0.05, 0.1) is 17.9 Å². The van der Waals surface area contributed by atoms with E-state index in [4.69, 9.17) is 4.74 Å². The van der Waals surface area contributed by atoms with Gasteiger partial charge in [0, 0.05) is 31.0 Å². The summed E-state index contributed by atoms with van der Waals surface area (Å²) < 4.78 is 8.05. The lowest BCUT2D eigenvalue weighted by atomic mass is 10.0. The normalized spacial score (nSPS) is 15.2. The fourth-order valence-corrected chi connectivity index (χ4v) is 3.99. The molecule has 0 bridgehead atoms. The van der Waals surface area contributed by atoms with E-state index in [0.29, 0.717) is 17.5 Å². The highest BCUT2D eigenvalue weighted by atomic mass is 16.5. The highest BCUT2D eigenvalue weighted by Gasteiger charge is 2.25. The highest BCUT2D eigenvalue weighted by molar-refractivity contribution is 5.80. The van der Waals surface area contributed by atoms with Crippen LogP contribution in [0.4, 0.5) is 5.82 Å². The summed E-state index contributed by atoms with van der Waals surface area (Å²) in [5.41, 5.74) is 2.78. The number of H-pyrrole nitrogens is 1. The van der Waals surface area contributed by atoms with Crippen LogP contribution in [-0.2, 0) is 0 Å². The van der Waals surface area contributed by atoms with Crippen molar-refractivity contribution in [2.75, 3.05) is 18.0 Å². The summed E-state index contributed by atoms with van der Waals surface area (Å²) in [4.78, 5) is 15.4. The van der Waals surface area contributed by atoms with Gasteiger partial charge >= 0.3 is 0 Å². The number of pyridine rings is 1. The Morgan fingerprint density at radius 1 is 1.16 bits per heavy atom. The first-order valence-corrected chi connectivity index (χ1v) is 10.7. The van der Waals surface area contributed by atoms with Crippen molar-refractivity contribution in [3.63, 3.8) is 0 Å². The minimum atomic E-state index is 0.278. The Kier molecular flexibility index (Phi) is 5.01. The molecule has 5 heterocycles. The maximum absolute atomic E-state index is 6.03. The van der Waals surface area contributed by atoms with Crippen LogP contribution in [0.3, 0.4) is 0 Å². The topological polar surface area (TPSA) is 97.6 Å². The molecular formula is C22H26N8O. The third-order valence-corrected chi connectivity index (χ3v) is 5.86. The van der Waals surface area contributed by atoms with Gasteiger partial charge in [-0.3, -0.25) is 10.1 Å². The average Bonchev–Trinajstić information content (AvgIpc) is 3.44. The standard InChI is InChI=1S/C22H26N8O/c1-14(2)18-11-20(28-27-18)29-9-6-16(7-10-29)30-21-17(12-26-30)22(25-13-24-21)31-19-5-4-8-23-15(19)3/h4-5,8,11-14,16H,6-7,9-10H2,1-3H3,(H,27,28). The SMILES string of the molecule is Cc1ncccc1Oc1ncnc2c1cnn2C1CCN(c2cc(C(C)C)[nH]n2)CC1. The van der Waals surface area contributed by atoms with Crippen LogP contribution in [0.5, 0.6) is 11.6 Å². The molecular weight excluding hydrogens is 392 g/mol. The number of hydrogen-bond acceptors (Lipinski definition) is 7. The van der Waals surface area contributed by atoms with E-state index in [2.05, 4.69) is 55.1 Å². The molecule has 31 heavy (non-hydrogen) atoms. The van der Waals surface area contributed by atoms with Crippen LogP contribution in [-0.4, -0.2) is 48.0 Å². The summed E-state index contributed by atoms with van der Waals surface area (Å²) in [6, 6.07) is 6.17. The largest absolute Gasteiger partial charge is 0.436 e. The Bertz CT molecular complexity index is 1190. The van der Waals surface area contributed by atoms with Crippen LogP contribution in [0.2, 0.25) is 0 Å². The van der Waals surface area contributed by atoms with E-state index >= 15 is 0 Å². The second-order valence-corrected chi connectivity index (χ2v) is 8.25. The number of aryl methyl sites for hydroxylation is 1. The van der Waals surface area contributed by atoms with Gasteiger partial charge in [-0.05, 0) is 37.8 Å². The van der Waals surface area contributed by atoms with Crippen LogP contribution >= 0.6 is 0 Å². The number of nitrogens with one attached hydrogen (secondary N) is 1. The number of anilines is 1. The number of nitrogens with zero attached hydrogens (tertiary/aromatic N) is 7. The zero-order valence-corrected chi connectivity index (χ0v) is 18.0. The molecule has 5 rings (SSSR count). The van der Waals surface area contributed by atoms with E-state index in [-0.39, 0.29) is 6.04 Å². The Balaban J connectivity index is 1.34. The molecule has 4 aromatic rings. The van der Waals surface area contributed by atoms with Gasteiger partial charge in [-0.25, -0.2) is 14.6 Å². The van der Waals surface area contributed by atoms with Crippen molar-refractivity contribution >= 4 is 16.9 Å². The lowest BCUT2D eigenvalue weighted by molar-refractivity contribution is 0.373.